The van der Waals surface area contributed by atoms with E-state index in [-0.39, 0.29) is 29.4 Å². The minimum absolute atomic E-state index is 0.0568. The Morgan fingerprint density at radius 2 is 1.75 bits per heavy atom. The number of anilines is 1. The predicted octanol–water partition coefficient (Wildman–Crippen LogP) is 5.67. The molecule has 0 saturated heterocycles. The summed E-state index contributed by atoms with van der Waals surface area (Å²) >= 11 is 0. The van der Waals surface area contributed by atoms with Crippen LogP contribution < -0.4 is 5.32 Å². The molecule has 0 aromatic heterocycles. The molecule has 0 unspecified atom stereocenters. The van der Waals surface area contributed by atoms with E-state index in [1.54, 1.807) is 18.2 Å². The molecule has 4 rings (SSSR count). The number of alkyl halides is 3. The maximum Gasteiger partial charge on any atom is 0.418 e. The molecule has 2 aliphatic rings. The topological polar surface area (TPSA) is 12.0 Å². The summed E-state index contributed by atoms with van der Waals surface area (Å²) in [4.78, 5) is 0. The van der Waals surface area contributed by atoms with Crippen LogP contribution in [0.3, 0.4) is 0 Å². The molecule has 1 aliphatic heterocycles. The molecule has 1 N–H and O–H groups in total. The molecule has 2 aromatic carbocycles. The number of nitrogens with one attached hydrogen (secondary N) is 1. The lowest BCUT2D eigenvalue weighted by atomic mass is 9.76. The number of fused-ring (bicyclic) bond motifs is 3. The quantitative estimate of drug-likeness (QED) is 0.524. The second-order valence-corrected chi connectivity index (χ2v) is 6.29. The summed E-state index contributed by atoms with van der Waals surface area (Å²) < 4.78 is 53.4. The number of halogens is 4. The second kappa shape index (κ2) is 5.36. The van der Waals surface area contributed by atoms with Gasteiger partial charge in [0.05, 0.1) is 17.3 Å². The van der Waals surface area contributed by atoms with Crippen LogP contribution in [0, 0.1) is 11.7 Å². The van der Waals surface area contributed by atoms with E-state index in [0.29, 0.717) is 5.56 Å². The number of hydrogen-bond donors (Lipinski definition) is 1. The van der Waals surface area contributed by atoms with Crippen LogP contribution >= 0.6 is 0 Å². The Hall–Kier alpha value is -2.30. The van der Waals surface area contributed by atoms with E-state index in [0.717, 1.165) is 18.1 Å². The lowest BCUT2D eigenvalue weighted by molar-refractivity contribution is -0.137. The Morgan fingerprint density at radius 1 is 1.00 bits per heavy atom. The average molecular weight is 333 g/mol. The SMILES string of the molecule is Fc1ccc([C@@H]2Nc3c(cccc3C(F)(F)F)[C@@H]3C=CC[C@@H]32)cc1. The lowest BCUT2D eigenvalue weighted by Crippen LogP contribution is -2.30. The molecule has 0 saturated carbocycles. The van der Waals surface area contributed by atoms with Crippen LogP contribution in [-0.2, 0) is 6.18 Å². The number of rotatable bonds is 1. The zero-order chi connectivity index (χ0) is 16.9. The fraction of sp³-hybridized carbons (Fsp3) is 0.263. The monoisotopic (exact) mass is 333 g/mol. The van der Waals surface area contributed by atoms with Gasteiger partial charge in [0.25, 0.3) is 0 Å². The van der Waals surface area contributed by atoms with Gasteiger partial charge in [-0.15, -0.1) is 0 Å². The van der Waals surface area contributed by atoms with Crippen molar-refractivity contribution >= 4 is 5.69 Å². The Bertz CT molecular complexity index is 792. The third kappa shape index (κ3) is 2.39. The van der Waals surface area contributed by atoms with Crippen LogP contribution in [0.2, 0.25) is 0 Å². The van der Waals surface area contributed by atoms with Gasteiger partial charge >= 0.3 is 6.18 Å². The lowest BCUT2D eigenvalue weighted by Gasteiger charge is -2.38. The largest absolute Gasteiger partial charge is 0.418 e. The molecule has 0 radical (unpaired) electrons. The van der Waals surface area contributed by atoms with E-state index in [2.05, 4.69) is 5.32 Å². The second-order valence-electron chi connectivity index (χ2n) is 6.29. The smallest absolute Gasteiger partial charge is 0.377 e. The molecule has 1 heterocycles. The van der Waals surface area contributed by atoms with Crippen molar-refractivity contribution in [3.8, 4) is 0 Å². The van der Waals surface area contributed by atoms with Gasteiger partial charge < -0.3 is 5.32 Å². The van der Waals surface area contributed by atoms with Crippen molar-refractivity contribution in [2.24, 2.45) is 5.92 Å². The summed E-state index contributed by atoms with van der Waals surface area (Å²) in [5.41, 5.74) is 0.984. The molecular formula is C19H15F4N. The van der Waals surface area contributed by atoms with Crippen LogP contribution in [0.4, 0.5) is 23.2 Å². The fourth-order valence-electron chi connectivity index (χ4n) is 3.86. The molecular weight excluding hydrogens is 318 g/mol. The predicted molar refractivity (Wildman–Crippen MR) is 84.2 cm³/mol. The number of benzene rings is 2. The van der Waals surface area contributed by atoms with E-state index in [9.17, 15) is 17.6 Å². The third-order valence-electron chi connectivity index (χ3n) is 4.93. The first-order chi connectivity index (χ1) is 11.4. The van der Waals surface area contributed by atoms with Crippen molar-refractivity contribution < 1.29 is 17.6 Å². The maximum atomic E-state index is 13.4. The van der Waals surface area contributed by atoms with E-state index in [1.165, 1.54) is 18.2 Å². The molecule has 0 spiro atoms. The molecule has 0 amide bonds. The van der Waals surface area contributed by atoms with E-state index in [1.807, 2.05) is 12.2 Å². The van der Waals surface area contributed by atoms with Crippen molar-refractivity contribution in [1.29, 1.82) is 0 Å². The van der Waals surface area contributed by atoms with E-state index >= 15 is 0 Å². The van der Waals surface area contributed by atoms with Gasteiger partial charge in [0.1, 0.15) is 5.82 Å². The number of allylic oxidation sites excluding steroid dienone is 2. The van der Waals surface area contributed by atoms with Crippen LogP contribution in [0.15, 0.2) is 54.6 Å². The molecule has 24 heavy (non-hydrogen) atoms. The van der Waals surface area contributed by atoms with Gasteiger partial charge in [-0.25, -0.2) is 4.39 Å². The first-order valence-corrected chi connectivity index (χ1v) is 7.84. The van der Waals surface area contributed by atoms with Crippen molar-refractivity contribution in [3.63, 3.8) is 0 Å². The van der Waals surface area contributed by atoms with E-state index < -0.39 is 11.7 Å². The first kappa shape index (κ1) is 15.2. The molecule has 1 aliphatic carbocycles. The standard InChI is InChI=1S/C19H15F4N/c20-12-9-7-11(8-10-12)17-14-4-1-3-13(14)15-5-2-6-16(18(15)24-17)19(21,22)23/h1-3,5-10,13-14,17,24H,4H2/t13-,14+,17+/m1/s1. The summed E-state index contributed by atoms with van der Waals surface area (Å²) in [6.45, 7) is 0. The number of hydrogen-bond acceptors (Lipinski definition) is 1. The Kier molecular flexibility index (Phi) is 3.41. The van der Waals surface area contributed by atoms with Crippen LogP contribution in [0.1, 0.15) is 35.1 Å². The van der Waals surface area contributed by atoms with E-state index in [4.69, 9.17) is 0 Å². The highest BCUT2D eigenvalue weighted by Gasteiger charge is 2.42. The minimum Gasteiger partial charge on any atom is -0.377 e. The van der Waals surface area contributed by atoms with Crippen LogP contribution in [0.25, 0.3) is 0 Å². The van der Waals surface area contributed by atoms with Gasteiger partial charge in [0.15, 0.2) is 0 Å². The zero-order valence-electron chi connectivity index (χ0n) is 12.6. The molecule has 2 aromatic rings. The van der Waals surface area contributed by atoms with Gasteiger partial charge in [-0.2, -0.15) is 13.2 Å². The van der Waals surface area contributed by atoms with Gasteiger partial charge in [-0.3, -0.25) is 0 Å². The highest BCUT2D eigenvalue weighted by atomic mass is 19.4. The average Bonchev–Trinajstić information content (AvgIpc) is 3.03. The Morgan fingerprint density at radius 3 is 2.46 bits per heavy atom. The summed E-state index contributed by atoms with van der Waals surface area (Å²) in [7, 11) is 0. The van der Waals surface area contributed by atoms with Gasteiger partial charge in [0.2, 0.25) is 0 Å². The normalized spacial score (nSPS) is 25.1. The highest BCUT2D eigenvalue weighted by Crippen LogP contribution is 2.52. The zero-order valence-corrected chi connectivity index (χ0v) is 12.6. The summed E-state index contributed by atoms with van der Waals surface area (Å²) in [6.07, 6.45) is 0.375. The Labute approximate surface area is 137 Å². The molecule has 1 nitrogen and oxygen atoms in total. The number of para-hydroxylation sites is 1. The summed E-state index contributed by atoms with van der Waals surface area (Å²) in [5, 5.41) is 3.10. The summed E-state index contributed by atoms with van der Waals surface area (Å²) in [5.74, 6) is -0.280. The third-order valence-corrected chi connectivity index (χ3v) is 4.93. The molecule has 5 heteroatoms. The Balaban J connectivity index is 1.84. The highest BCUT2D eigenvalue weighted by molar-refractivity contribution is 5.65. The van der Waals surface area contributed by atoms with Gasteiger partial charge in [-0.05, 0) is 41.7 Å². The molecule has 3 atom stereocenters. The minimum atomic E-state index is -4.42. The van der Waals surface area contributed by atoms with Crippen molar-refractivity contribution in [2.75, 3.05) is 5.32 Å². The molecule has 0 fully saturated rings. The summed E-state index contributed by atoms with van der Waals surface area (Å²) in [6, 6.07) is 10.0. The first-order valence-electron chi connectivity index (χ1n) is 7.84. The fourth-order valence-corrected chi connectivity index (χ4v) is 3.86. The maximum absolute atomic E-state index is 13.4. The molecule has 0 bridgehead atoms. The van der Waals surface area contributed by atoms with Crippen molar-refractivity contribution in [3.05, 3.63) is 77.1 Å². The van der Waals surface area contributed by atoms with Crippen LogP contribution in [0.5, 0.6) is 0 Å². The van der Waals surface area contributed by atoms with Crippen molar-refractivity contribution in [1.82, 2.24) is 0 Å². The van der Waals surface area contributed by atoms with Crippen LogP contribution in [-0.4, -0.2) is 0 Å². The molecule has 124 valence electrons. The van der Waals surface area contributed by atoms with Gasteiger partial charge in [0, 0.05) is 5.92 Å². The van der Waals surface area contributed by atoms with Crippen molar-refractivity contribution in [2.45, 2.75) is 24.6 Å². The van der Waals surface area contributed by atoms with Gasteiger partial charge in [-0.1, -0.05) is 36.4 Å².